The molecule has 1 aromatic heterocycles. The van der Waals surface area contributed by atoms with Gasteiger partial charge in [0.15, 0.2) is 0 Å². The zero-order valence-corrected chi connectivity index (χ0v) is 10.5. The Labute approximate surface area is 106 Å². The molecule has 1 aliphatic heterocycles. The van der Waals surface area contributed by atoms with E-state index in [1.165, 1.54) is 12.3 Å². The summed E-state index contributed by atoms with van der Waals surface area (Å²) in [6.45, 7) is 4.85. The van der Waals surface area contributed by atoms with Crippen molar-refractivity contribution in [3.05, 3.63) is 34.2 Å². The number of aromatic amines is 1. The second-order valence-corrected chi connectivity index (χ2v) is 4.52. The van der Waals surface area contributed by atoms with Crippen LogP contribution in [0, 0.1) is 5.92 Å². The number of amides is 1. The van der Waals surface area contributed by atoms with E-state index in [2.05, 4.69) is 4.98 Å². The second-order valence-electron chi connectivity index (χ2n) is 4.52. The number of pyridine rings is 1. The van der Waals surface area contributed by atoms with E-state index in [0.717, 1.165) is 19.6 Å². The number of carbonyl (C=O) groups excluding carboxylic acids is 1. The maximum absolute atomic E-state index is 12.2. The third-order valence-electron chi connectivity index (χ3n) is 3.20. The minimum Gasteiger partial charge on any atom is -0.381 e. The van der Waals surface area contributed by atoms with Gasteiger partial charge in [-0.05, 0) is 19.4 Å². The fourth-order valence-corrected chi connectivity index (χ4v) is 2.12. The number of aromatic nitrogens is 1. The Kier molecular flexibility index (Phi) is 4.15. The Morgan fingerprint density at radius 1 is 1.56 bits per heavy atom. The molecule has 0 bridgehead atoms. The van der Waals surface area contributed by atoms with E-state index in [4.69, 9.17) is 4.74 Å². The van der Waals surface area contributed by atoms with Gasteiger partial charge >= 0.3 is 0 Å². The molecule has 1 amide bonds. The van der Waals surface area contributed by atoms with Crippen molar-refractivity contribution in [2.24, 2.45) is 5.92 Å². The lowest BCUT2D eigenvalue weighted by Crippen LogP contribution is -2.35. The third kappa shape index (κ3) is 2.98. The first kappa shape index (κ1) is 12.8. The van der Waals surface area contributed by atoms with Crippen LogP contribution in [0.15, 0.2) is 23.1 Å². The number of ether oxygens (including phenoxy) is 1. The van der Waals surface area contributed by atoms with Gasteiger partial charge in [-0.3, -0.25) is 9.59 Å². The first-order valence-electron chi connectivity index (χ1n) is 6.26. The van der Waals surface area contributed by atoms with Crippen molar-refractivity contribution in [1.82, 2.24) is 9.88 Å². The molecule has 1 unspecified atom stereocenters. The molecule has 18 heavy (non-hydrogen) atoms. The van der Waals surface area contributed by atoms with Crippen LogP contribution >= 0.6 is 0 Å². The first-order chi connectivity index (χ1) is 8.70. The summed E-state index contributed by atoms with van der Waals surface area (Å²) in [5, 5.41) is 0. The predicted octanol–water partition coefficient (Wildman–Crippen LogP) is 0.873. The molecule has 5 nitrogen and oxygen atoms in total. The molecule has 2 rings (SSSR count). The molecule has 1 saturated heterocycles. The van der Waals surface area contributed by atoms with Crippen LogP contribution in [0.2, 0.25) is 0 Å². The van der Waals surface area contributed by atoms with Gasteiger partial charge in [0.25, 0.3) is 5.91 Å². The van der Waals surface area contributed by atoms with E-state index in [9.17, 15) is 9.59 Å². The number of carbonyl (C=O) groups is 1. The van der Waals surface area contributed by atoms with Crippen LogP contribution < -0.4 is 5.56 Å². The molecular formula is C13H18N2O3. The minimum atomic E-state index is -0.196. The average Bonchev–Trinajstić information content (AvgIpc) is 2.89. The zero-order chi connectivity index (χ0) is 13.0. The van der Waals surface area contributed by atoms with Gasteiger partial charge in [0.05, 0.1) is 12.2 Å². The van der Waals surface area contributed by atoms with Crippen molar-refractivity contribution < 1.29 is 9.53 Å². The molecule has 1 atom stereocenters. The van der Waals surface area contributed by atoms with Gasteiger partial charge in [-0.15, -0.1) is 0 Å². The summed E-state index contributed by atoms with van der Waals surface area (Å²) >= 11 is 0. The number of nitrogens with one attached hydrogen (secondary N) is 1. The lowest BCUT2D eigenvalue weighted by atomic mass is 10.1. The van der Waals surface area contributed by atoms with Gasteiger partial charge in [0, 0.05) is 37.9 Å². The van der Waals surface area contributed by atoms with E-state index in [1.54, 1.807) is 11.0 Å². The molecule has 98 valence electrons. The molecule has 0 aliphatic carbocycles. The fourth-order valence-electron chi connectivity index (χ4n) is 2.12. The molecule has 1 N–H and O–H groups in total. The second kappa shape index (κ2) is 5.82. The van der Waals surface area contributed by atoms with Crippen molar-refractivity contribution in [3.8, 4) is 0 Å². The summed E-state index contributed by atoms with van der Waals surface area (Å²) in [6.07, 6.45) is 2.48. The molecular weight excluding hydrogens is 232 g/mol. The van der Waals surface area contributed by atoms with Crippen molar-refractivity contribution in [2.45, 2.75) is 13.3 Å². The molecule has 0 radical (unpaired) electrons. The van der Waals surface area contributed by atoms with Crippen molar-refractivity contribution in [3.63, 3.8) is 0 Å². The quantitative estimate of drug-likeness (QED) is 0.862. The Morgan fingerprint density at radius 3 is 2.94 bits per heavy atom. The summed E-state index contributed by atoms with van der Waals surface area (Å²) in [4.78, 5) is 27.5. The zero-order valence-electron chi connectivity index (χ0n) is 10.5. The maximum atomic E-state index is 12.2. The summed E-state index contributed by atoms with van der Waals surface area (Å²) in [6, 6.07) is 2.94. The van der Waals surface area contributed by atoms with Crippen LogP contribution in [0.25, 0.3) is 0 Å². The van der Waals surface area contributed by atoms with E-state index in [1.807, 2.05) is 6.92 Å². The Balaban J connectivity index is 2.04. The Hall–Kier alpha value is -1.62. The highest BCUT2D eigenvalue weighted by Gasteiger charge is 2.22. The SMILES string of the molecule is CCN(CC1CCOC1)C(=O)c1ccc(=O)[nH]c1. The van der Waals surface area contributed by atoms with E-state index >= 15 is 0 Å². The van der Waals surface area contributed by atoms with Crippen LogP contribution in [0.4, 0.5) is 0 Å². The minimum absolute atomic E-state index is 0.0411. The van der Waals surface area contributed by atoms with Crippen LogP contribution in [0.5, 0.6) is 0 Å². The van der Waals surface area contributed by atoms with Crippen molar-refractivity contribution in [1.29, 1.82) is 0 Å². The fraction of sp³-hybridized carbons (Fsp3) is 0.538. The molecule has 0 saturated carbocycles. The normalized spacial score (nSPS) is 18.8. The Morgan fingerprint density at radius 2 is 2.39 bits per heavy atom. The van der Waals surface area contributed by atoms with Gasteiger partial charge in [0.1, 0.15) is 0 Å². The van der Waals surface area contributed by atoms with Gasteiger partial charge in [0.2, 0.25) is 5.56 Å². The van der Waals surface area contributed by atoms with Crippen LogP contribution in [0.1, 0.15) is 23.7 Å². The number of rotatable bonds is 4. The molecule has 0 spiro atoms. The van der Waals surface area contributed by atoms with Gasteiger partial charge in [-0.2, -0.15) is 0 Å². The lowest BCUT2D eigenvalue weighted by Gasteiger charge is -2.23. The van der Waals surface area contributed by atoms with Crippen LogP contribution in [-0.4, -0.2) is 42.1 Å². The number of hydrogen-bond donors (Lipinski definition) is 1. The molecule has 1 fully saturated rings. The summed E-state index contributed by atoms with van der Waals surface area (Å²) in [7, 11) is 0. The smallest absolute Gasteiger partial charge is 0.255 e. The number of hydrogen-bond acceptors (Lipinski definition) is 3. The summed E-state index contributed by atoms with van der Waals surface area (Å²) < 4.78 is 5.32. The molecule has 1 aromatic rings. The summed E-state index contributed by atoms with van der Waals surface area (Å²) in [5.74, 6) is 0.386. The number of nitrogens with zero attached hydrogens (tertiary/aromatic N) is 1. The molecule has 0 aromatic carbocycles. The first-order valence-corrected chi connectivity index (χ1v) is 6.26. The molecule has 1 aliphatic rings. The van der Waals surface area contributed by atoms with Gasteiger partial charge < -0.3 is 14.6 Å². The lowest BCUT2D eigenvalue weighted by molar-refractivity contribution is 0.0730. The average molecular weight is 250 g/mol. The highest BCUT2D eigenvalue weighted by Crippen LogP contribution is 2.15. The topological polar surface area (TPSA) is 62.4 Å². The van der Waals surface area contributed by atoms with E-state index < -0.39 is 0 Å². The van der Waals surface area contributed by atoms with Crippen LogP contribution in [0.3, 0.4) is 0 Å². The highest BCUT2D eigenvalue weighted by atomic mass is 16.5. The molecule has 2 heterocycles. The molecule has 5 heteroatoms. The monoisotopic (exact) mass is 250 g/mol. The largest absolute Gasteiger partial charge is 0.381 e. The van der Waals surface area contributed by atoms with Crippen molar-refractivity contribution >= 4 is 5.91 Å². The van der Waals surface area contributed by atoms with Crippen LogP contribution in [-0.2, 0) is 4.74 Å². The maximum Gasteiger partial charge on any atom is 0.255 e. The standard InChI is InChI=1S/C13H18N2O3/c1-2-15(8-10-5-6-18-9-10)13(17)11-3-4-12(16)14-7-11/h3-4,7,10H,2,5-6,8-9H2,1H3,(H,14,16). The third-order valence-corrected chi connectivity index (χ3v) is 3.20. The predicted molar refractivity (Wildman–Crippen MR) is 67.6 cm³/mol. The van der Waals surface area contributed by atoms with Gasteiger partial charge in [-0.25, -0.2) is 0 Å². The van der Waals surface area contributed by atoms with Gasteiger partial charge in [-0.1, -0.05) is 0 Å². The van der Waals surface area contributed by atoms with Crippen molar-refractivity contribution in [2.75, 3.05) is 26.3 Å². The highest BCUT2D eigenvalue weighted by molar-refractivity contribution is 5.93. The number of H-pyrrole nitrogens is 1. The van der Waals surface area contributed by atoms with E-state index in [0.29, 0.717) is 24.6 Å². The Bertz CT molecular complexity index is 443. The van der Waals surface area contributed by atoms with E-state index in [-0.39, 0.29) is 11.5 Å². The summed E-state index contributed by atoms with van der Waals surface area (Å²) in [5.41, 5.74) is 0.328.